The van der Waals surface area contributed by atoms with Crippen molar-refractivity contribution in [2.24, 2.45) is 5.10 Å². The fourth-order valence-electron chi connectivity index (χ4n) is 1.83. The van der Waals surface area contributed by atoms with Gasteiger partial charge >= 0.3 is 5.97 Å². The first kappa shape index (κ1) is 12.3. The third kappa shape index (κ3) is 2.94. The fraction of sp³-hybridized carbons (Fsp3) is 0.308. The van der Waals surface area contributed by atoms with Crippen molar-refractivity contribution in [1.82, 2.24) is 0 Å². The molecule has 0 spiro atoms. The third-order valence-electron chi connectivity index (χ3n) is 2.82. The molecular formula is C13H14N2O3. The van der Waals surface area contributed by atoms with Gasteiger partial charge in [-0.3, -0.25) is 10.2 Å². The lowest BCUT2D eigenvalue weighted by Crippen LogP contribution is -2.19. The second-order valence-electron chi connectivity index (χ2n) is 4.19. The summed E-state index contributed by atoms with van der Waals surface area (Å²) in [6.07, 6.45) is 3.13. The first-order chi connectivity index (χ1) is 8.66. The quantitative estimate of drug-likeness (QED) is 0.802. The Labute approximate surface area is 105 Å². The van der Waals surface area contributed by atoms with Crippen LogP contribution in [0.1, 0.15) is 36.0 Å². The molecule has 0 amide bonds. The maximum absolute atomic E-state index is 11.5. The van der Waals surface area contributed by atoms with Crippen molar-refractivity contribution in [3.8, 4) is 0 Å². The molecular weight excluding hydrogens is 232 g/mol. The Balaban J connectivity index is 2.09. The average Bonchev–Trinajstić information content (AvgIpc) is 2.38. The van der Waals surface area contributed by atoms with Crippen molar-refractivity contribution in [2.45, 2.75) is 25.7 Å². The van der Waals surface area contributed by atoms with Gasteiger partial charge in [0.15, 0.2) is 5.78 Å². The van der Waals surface area contributed by atoms with Crippen molar-refractivity contribution in [2.75, 3.05) is 5.43 Å². The monoisotopic (exact) mass is 246 g/mol. The number of hydrogen-bond acceptors (Lipinski definition) is 4. The van der Waals surface area contributed by atoms with Crippen LogP contribution in [0.3, 0.4) is 0 Å². The summed E-state index contributed by atoms with van der Waals surface area (Å²) < 4.78 is 0. The van der Waals surface area contributed by atoms with Gasteiger partial charge in [0.1, 0.15) is 5.71 Å². The highest BCUT2D eigenvalue weighted by atomic mass is 16.4. The van der Waals surface area contributed by atoms with Crippen molar-refractivity contribution in [3.63, 3.8) is 0 Å². The zero-order valence-electron chi connectivity index (χ0n) is 9.85. The molecule has 0 aliphatic heterocycles. The summed E-state index contributed by atoms with van der Waals surface area (Å²) in [4.78, 5) is 22.3. The highest BCUT2D eigenvalue weighted by Gasteiger charge is 2.16. The van der Waals surface area contributed by atoms with Gasteiger partial charge in [0.25, 0.3) is 0 Å². The molecule has 0 bridgehead atoms. The van der Waals surface area contributed by atoms with Gasteiger partial charge in [0, 0.05) is 6.42 Å². The second-order valence-corrected chi connectivity index (χ2v) is 4.19. The number of carbonyl (C=O) groups is 2. The molecule has 5 nitrogen and oxygen atoms in total. The smallest absolute Gasteiger partial charge is 0.335 e. The molecule has 1 aromatic carbocycles. The number of anilines is 1. The fourth-order valence-corrected chi connectivity index (χ4v) is 1.83. The Kier molecular flexibility index (Phi) is 3.72. The molecule has 2 rings (SSSR count). The van der Waals surface area contributed by atoms with Crippen LogP contribution >= 0.6 is 0 Å². The summed E-state index contributed by atoms with van der Waals surface area (Å²) in [5.41, 5.74) is 4.05. The van der Waals surface area contributed by atoms with Gasteiger partial charge in [-0.1, -0.05) is 6.07 Å². The van der Waals surface area contributed by atoms with E-state index in [1.165, 1.54) is 12.1 Å². The molecule has 1 fully saturated rings. The molecule has 0 atom stereocenters. The Bertz CT molecular complexity index is 509. The van der Waals surface area contributed by atoms with E-state index in [1.54, 1.807) is 12.1 Å². The average molecular weight is 246 g/mol. The molecule has 94 valence electrons. The van der Waals surface area contributed by atoms with E-state index in [4.69, 9.17) is 5.11 Å². The molecule has 1 saturated carbocycles. The Morgan fingerprint density at radius 3 is 2.78 bits per heavy atom. The van der Waals surface area contributed by atoms with E-state index < -0.39 is 5.97 Å². The van der Waals surface area contributed by atoms with Crippen molar-refractivity contribution < 1.29 is 14.7 Å². The predicted octanol–water partition coefficient (Wildman–Crippen LogP) is 2.30. The minimum atomic E-state index is -0.986. The number of hydrogen-bond donors (Lipinski definition) is 2. The zero-order chi connectivity index (χ0) is 13.0. The molecule has 0 saturated heterocycles. The molecule has 18 heavy (non-hydrogen) atoms. The van der Waals surface area contributed by atoms with Crippen LogP contribution in [0.15, 0.2) is 29.4 Å². The Morgan fingerprint density at radius 2 is 2.06 bits per heavy atom. The summed E-state index contributed by atoms with van der Waals surface area (Å²) in [5.74, 6) is -0.914. The minimum absolute atomic E-state index is 0.0724. The van der Waals surface area contributed by atoms with Gasteiger partial charge in [-0.05, 0) is 37.5 Å². The number of ketones is 1. The molecule has 0 heterocycles. The molecule has 1 aromatic rings. The third-order valence-corrected chi connectivity index (χ3v) is 2.82. The lowest BCUT2D eigenvalue weighted by molar-refractivity contribution is -0.113. The SMILES string of the molecule is O=C1CCCC/C1=N\Nc1cccc(C(=O)O)c1. The van der Waals surface area contributed by atoms with Gasteiger partial charge in [-0.2, -0.15) is 5.10 Å². The molecule has 0 radical (unpaired) electrons. The maximum Gasteiger partial charge on any atom is 0.335 e. The number of nitrogens with one attached hydrogen (secondary N) is 1. The summed E-state index contributed by atoms with van der Waals surface area (Å²) >= 11 is 0. The van der Waals surface area contributed by atoms with Crippen molar-refractivity contribution >= 4 is 23.2 Å². The van der Waals surface area contributed by atoms with Crippen LogP contribution < -0.4 is 5.43 Å². The standard InChI is InChI=1S/C13H14N2O3/c16-12-7-2-1-6-11(12)15-14-10-5-3-4-9(8-10)13(17)18/h3-5,8,14H,1-2,6-7H2,(H,17,18)/b15-11+. The van der Waals surface area contributed by atoms with E-state index in [9.17, 15) is 9.59 Å². The van der Waals surface area contributed by atoms with Crippen molar-refractivity contribution in [1.29, 1.82) is 0 Å². The van der Waals surface area contributed by atoms with E-state index in [0.29, 0.717) is 24.2 Å². The molecule has 5 heteroatoms. The van der Waals surface area contributed by atoms with Gasteiger partial charge in [0.05, 0.1) is 11.3 Å². The van der Waals surface area contributed by atoms with Gasteiger partial charge in [0.2, 0.25) is 0 Å². The van der Waals surface area contributed by atoms with Crippen LogP contribution in [0.4, 0.5) is 5.69 Å². The number of carboxylic acid groups (broad SMARTS) is 1. The number of nitrogens with zero attached hydrogens (tertiary/aromatic N) is 1. The maximum atomic E-state index is 11.5. The van der Waals surface area contributed by atoms with Gasteiger partial charge < -0.3 is 5.11 Å². The van der Waals surface area contributed by atoms with Crippen molar-refractivity contribution in [3.05, 3.63) is 29.8 Å². The van der Waals surface area contributed by atoms with E-state index in [-0.39, 0.29) is 11.3 Å². The summed E-state index contributed by atoms with van der Waals surface area (Å²) in [5, 5.41) is 12.9. The highest BCUT2D eigenvalue weighted by Crippen LogP contribution is 2.14. The normalized spacial score (nSPS) is 17.8. The van der Waals surface area contributed by atoms with Gasteiger partial charge in [-0.15, -0.1) is 0 Å². The number of carboxylic acids is 1. The molecule has 1 aliphatic carbocycles. The van der Waals surface area contributed by atoms with E-state index in [2.05, 4.69) is 10.5 Å². The molecule has 0 unspecified atom stereocenters. The van der Waals surface area contributed by atoms with E-state index in [0.717, 1.165) is 12.8 Å². The summed E-state index contributed by atoms with van der Waals surface area (Å²) in [7, 11) is 0. The highest BCUT2D eigenvalue weighted by molar-refractivity contribution is 6.40. The number of rotatable bonds is 3. The van der Waals surface area contributed by atoms with Crippen LogP contribution in [-0.4, -0.2) is 22.6 Å². The summed E-state index contributed by atoms with van der Waals surface area (Å²) in [6.45, 7) is 0. The Hall–Kier alpha value is -2.17. The number of hydrazone groups is 1. The number of carbonyl (C=O) groups excluding carboxylic acids is 1. The predicted molar refractivity (Wildman–Crippen MR) is 67.9 cm³/mol. The van der Waals surface area contributed by atoms with E-state index >= 15 is 0 Å². The largest absolute Gasteiger partial charge is 0.478 e. The lowest BCUT2D eigenvalue weighted by atomic mass is 9.97. The van der Waals surface area contributed by atoms with Gasteiger partial charge in [-0.25, -0.2) is 4.79 Å². The number of Topliss-reactive ketones (excluding diaryl/α,β-unsaturated/α-hetero) is 1. The minimum Gasteiger partial charge on any atom is -0.478 e. The molecule has 1 aliphatic rings. The lowest BCUT2D eigenvalue weighted by Gasteiger charge is -2.11. The topological polar surface area (TPSA) is 78.8 Å². The molecule has 2 N–H and O–H groups in total. The first-order valence-corrected chi connectivity index (χ1v) is 5.86. The molecule has 0 aromatic heterocycles. The van der Waals surface area contributed by atoms with Crippen LogP contribution in [0.2, 0.25) is 0 Å². The van der Waals surface area contributed by atoms with E-state index in [1.807, 2.05) is 0 Å². The van der Waals surface area contributed by atoms with Crippen LogP contribution in [-0.2, 0) is 4.79 Å². The number of aromatic carboxylic acids is 1. The zero-order valence-corrected chi connectivity index (χ0v) is 9.85. The van der Waals surface area contributed by atoms with Crippen LogP contribution in [0.5, 0.6) is 0 Å². The summed E-state index contributed by atoms with van der Waals surface area (Å²) in [6, 6.07) is 6.34. The number of benzene rings is 1. The Morgan fingerprint density at radius 1 is 1.28 bits per heavy atom. The second kappa shape index (κ2) is 5.44. The van der Waals surface area contributed by atoms with Crippen LogP contribution in [0, 0.1) is 0 Å². The van der Waals surface area contributed by atoms with Crippen LogP contribution in [0.25, 0.3) is 0 Å². The first-order valence-electron chi connectivity index (χ1n) is 5.86.